The van der Waals surface area contributed by atoms with Gasteiger partial charge in [-0.2, -0.15) is 5.10 Å². The summed E-state index contributed by atoms with van der Waals surface area (Å²) in [5, 5.41) is 10.3. The molecule has 1 saturated heterocycles. The van der Waals surface area contributed by atoms with Crippen LogP contribution < -0.4 is 10.9 Å². The fourth-order valence-corrected chi connectivity index (χ4v) is 5.91. The fraction of sp³-hybridized carbons (Fsp3) is 0.483. The monoisotopic (exact) mass is 506 g/mol. The second-order valence-corrected chi connectivity index (χ2v) is 10.7. The van der Waals surface area contributed by atoms with Crippen molar-refractivity contribution in [3.05, 3.63) is 75.2 Å². The Hall–Kier alpha value is -2.70. The van der Waals surface area contributed by atoms with Gasteiger partial charge in [0.05, 0.1) is 17.6 Å². The molecule has 1 atom stereocenters. The number of benzene rings is 2. The molecule has 0 spiro atoms. The van der Waals surface area contributed by atoms with Crippen LogP contribution in [-0.4, -0.2) is 46.3 Å². The number of aromatic nitrogens is 2. The lowest BCUT2D eigenvalue weighted by Crippen LogP contribution is -2.42. The van der Waals surface area contributed by atoms with E-state index in [1.54, 1.807) is 4.68 Å². The second-order valence-electron chi connectivity index (χ2n) is 10.2. The lowest BCUT2D eigenvalue weighted by molar-refractivity contribution is -0.125. The molecule has 7 heteroatoms. The number of hydrogen-bond donors (Lipinski definition) is 1. The number of amides is 1. The third-order valence-corrected chi connectivity index (χ3v) is 8.04. The summed E-state index contributed by atoms with van der Waals surface area (Å²) < 4.78 is 1.66. The summed E-state index contributed by atoms with van der Waals surface area (Å²) in [5.74, 6) is 0.400. The Bertz CT molecular complexity index is 1250. The maximum atomic E-state index is 13.4. The highest BCUT2D eigenvalue weighted by Crippen LogP contribution is 2.24. The average Bonchev–Trinajstić information content (AvgIpc) is 3.35. The van der Waals surface area contributed by atoms with Gasteiger partial charge in [-0.1, -0.05) is 61.2 Å². The van der Waals surface area contributed by atoms with Crippen molar-refractivity contribution >= 4 is 28.3 Å². The average molecular weight is 507 g/mol. The molecule has 2 aliphatic rings. The zero-order valence-corrected chi connectivity index (χ0v) is 21.6. The number of hydrogen-bond acceptors (Lipinski definition) is 4. The van der Waals surface area contributed by atoms with Gasteiger partial charge in [0.25, 0.3) is 5.56 Å². The van der Waals surface area contributed by atoms with Gasteiger partial charge < -0.3 is 5.32 Å². The molecule has 1 aliphatic carbocycles. The van der Waals surface area contributed by atoms with E-state index >= 15 is 0 Å². The molecule has 3 aromatic rings. The molecule has 1 amide bonds. The molecular formula is C29H35ClN4O2. The number of carbonyl (C=O) groups is 1. The molecule has 1 aliphatic heterocycles. The summed E-state index contributed by atoms with van der Waals surface area (Å²) in [6.45, 7) is 3.02. The summed E-state index contributed by atoms with van der Waals surface area (Å²) in [7, 11) is 0. The predicted molar refractivity (Wildman–Crippen MR) is 144 cm³/mol. The van der Waals surface area contributed by atoms with Crippen molar-refractivity contribution in [1.29, 1.82) is 0 Å². The van der Waals surface area contributed by atoms with Crippen LogP contribution in [0.25, 0.3) is 10.8 Å². The van der Waals surface area contributed by atoms with Crippen LogP contribution >= 0.6 is 11.6 Å². The van der Waals surface area contributed by atoms with E-state index in [1.807, 2.05) is 48.5 Å². The number of rotatable bonds is 8. The summed E-state index contributed by atoms with van der Waals surface area (Å²) >= 11 is 6.07. The summed E-state index contributed by atoms with van der Waals surface area (Å²) in [5.41, 5.74) is 1.97. The van der Waals surface area contributed by atoms with E-state index in [4.69, 9.17) is 16.7 Å². The van der Waals surface area contributed by atoms with Crippen LogP contribution in [0.4, 0.5) is 0 Å². The lowest BCUT2D eigenvalue weighted by Gasteiger charge is -2.26. The number of fused-ring (bicyclic) bond motifs is 1. The lowest BCUT2D eigenvalue weighted by atomic mass is 9.89. The molecular weight excluding hydrogens is 472 g/mol. The molecule has 6 nitrogen and oxygen atoms in total. The van der Waals surface area contributed by atoms with Crippen LogP contribution in [0, 0.1) is 5.92 Å². The van der Waals surface area contributed by atoms with Crippen molar-refractivity contribution in [2.45, 2.75) is 64.0 Å². The zero-order chi connectivity index (χ0) is 24.9. The number of nitrogens with zero attached hydrogens (tertiary/aromatic N) is 3. The SMILES string of the molecule is O=C(NCCN1CCC[C@@H]1Cn1nc(Cc2ccc(Cl)cc2)c2ccccc2c1=O)C1CCCCC1. The van der Waals surface area contributed by atoms with Gasteiger partial charge in [-0.15, -0.1) is 0 Å². The second kappa shape index (κ2) is 11.6. The minimum Gasteiger partial charge on any atom is -0.355 e. The van der Waals surface area contributed by atoms with Crippen molar-refractivity contribution in [2.24, 2.45) is 5.92 Å². The number of carbonyl (C=O) groups excluding carboxylic acids is 1. The van der Waals surface area contributed by atoms with Crippen LogP contribution in [0.3, 0.4) is 0 Å². The highest BCUT2D eigenvalue weighted by atomic mass is 35.5. The van der Waals surface area contributed by atoms with Crippen molar-refractivity contribution in [1.82, 2.24) is 20.0 Å². The molecule has 1 N–H and O–H groups in total. The highest BCUT2D eigenvalue weighted by Gasteiger charge is 2.27. The summed E-state index contributed by atoms with van der Waals surface area (Å²) in [4.78, 5) is 28.3. The molecule has 0 unspecified atom stereocenters. The summed E-state index contributed by atoms with van der Waals surface area (Å²) in [6, 6.07) is 15.8. The van der Waals surface area contributed by atoms with Crippen molar-refractivity contribution in [3.63, 3.8) is 0 Å². The van der Waals surface area contributed by atoms with Gasteiger partial charge in [-0.3, -0.25) is 14.5 Å². The van der Waals surface area contributed by atoms with E-state index in [1.165, 1.54) is 19.3 Å². The van der Waals surface area contributed by atoms with E-state index < -0.39 is 0 Å². The van der Waals surface area contributed by atoms with Crippen LogP contribution in [-0.2, 0) is 17.8 Å². The van der Waals surface area contributed by atoms with Gasteiger partial charge in [0.2, 0.25) is 5.91 Å². The van der Waals surface area contributed by atoms with Gasteiger partial charge in [0.15, 0.2) is 0 Å². The molecule has 0 bridgehead atoms. The predicted octanol–water partition coefficient (Wildman–Crippen LogP) is 4.80. The van der Waals surface area contributed by atoms with Crippen LogP contribution in [0.15, 0.2) is 53.3 Å². The van der Waals surface area contributed by atoms with Crippen molar-refractivity contribution in [3.8, 4) is 0 Å². The van der Waals surface area contributed by atoms with E-state index in [-0.39, 0.29) is 23.4 Å². The van der Waals surface area contributed by atoms with Gasteiger partial charge in [0, 0.05) is 41.9 Å². The largest absolute Gasteiger partial charge is 0.355 e. The van der Waals surface area contributed by atoms with Crippen LogP contribution in [0.5, 0.6) is 0 Å². The third kappa shape index (κ3) is 5.81. The zero-order valence-electron chi connectivity index (χ0n) is 20.8. The van der Waals surface area contributed by atoms with Gasteiger partial charge in [-0.25, -0.2) is 4.68 Å². The maximum absolute atomic E-state index is 13.4. The highest BCUT2D eigenvalue weighted by molar-refractivity contribution is 6.30. The smallest absolute Gasteiger partial charge is 0.274 e. The first-order chi connectivity index (χ1) is 17.6. The van der Waals surface area contributed by atoms with Gasteiger partial charge in [-0.05, 0) is 56.0 Å². The quantitative estimate of drug-likeness (QED) is 0.476. The molecule has 1 aromatic heterocycles. The molecule has 5 rings (SSSR count). The normalized spacial score (nSPS) is 19.1. The Labute approximate surface area is 217 Å². The first-order valence-electron chi connectivity index (χ1n) is 13.3. The molecule has 2 fully saturated rings. The van der Waals surface area contributed by atoms with E-state index in [2.05, 4.69) is 10.2 Å². The standard InChI is InChI=1S/C29H35ClN4O2/c30-23-14-12-21(13-15-23)19-27-25-10-4-5-11-26(25)29(36)34(32-27)20-24-9-6-17-33(24)18-16-31-28(35)22-7-2-1-3-8-22/h4-5,10-15,22,24H,1-3,6-9,16-20H2,(H,31,35)/t24-/m1/s1. The maximum Gasteiger partial charge on any atom is 0.274 e. The van der Waals surface area contributed by atoms with E-state index in [0.717, 1.165) is 55.4 Å². The van der Waals surface area contributed by atoms with E-state index in [0.29, 0.717) is 29.9 Å². The van der Waals surface area contributed by atoms with Crippen LogP contribution in [0.2, 0.25) is 5.02 Å². The van der Waals surface area contributed by atoms with Crippen molar-refractivity contribution in [2.75, 3.05) is 19.6 Å². The summed E-state index contributed by atoms with van der Waals surface area (Å²) in [6.07, 6.45) is 8.40. The third-order valence-electron chi connectivity index (χ3n) is 7.79. The number of halogens is 1. The minimum atomic E-state index is -0.0390. The Morgan fingerprint density at radius 2 is 1.72 bits per heavy atom. The Balaban J connectivity index is 1.29. The number of likely N-dealkylation sites (tertiary alicyclic amines) is 1. The molecule has 190 valence electrons. The Kier molecular flexibility index (Phi) is 8.02. The van der Waals surface area contributed by atoms with Gasteiger partial charge in [0.1, 0.15) is 0 Å². The molecule has 2 aromatic carbocycles. The molecule has 1 saturated carbocycles. The van der Waals surface area contributed by atoms with E-state index in [9.17, 15) is 9.59 Å². The fourth-order valence-electron chi connectivity index (χ4n) is 5.78. The van der Waals surface area contributed by atoms with Crippen LogP contribution in [0.1, 0.15) is 56.2 Å². The molecule has 36 heavy (non-hydrogen) atoms. The Morgan fingerprint density at radius 1 is 0.972 bits per heavy atom. The van der Waals surface area contributed by atoms with Gasteiger partial charge >= 0.3 is 0 Å². The first-order valence-corrected chi connectivity index (χ1v) is 13.7. The molecule has 2 heterocycles. The minimum absolute atomic E-state index is 0.0390. The Morgan fingerprint density at radius 3 is 2.50 bits per heavy atom. The topological polar surface area (TPSA) is 67.2 Å². The number of nitrogens with one attached hydrogen (secondary N) is 1. The van der Waals surface area contributed by atoms with Crippen molar-refractivity contribution < 1.29 is 4.79 Å². The first kappa shape index (κ1) is 25.0. The molecule has 0 radical (unpaired) electrons.